The van der Waals surface area contributed by atoms with Crippen molar-refractivity contribution < 1.29 is 32.2 Å². The molecule has 0 unspecified atom stereocenters. The van der Waals surface area contributed by atoms with Crippen LogP contribution < -0.4 is 20.1 Å². The zero-order valence-corrected chi connectivity index (χ0v) is 15.4. The number of halogens is 3. The molecule has 0 spiro atoms. The molecule has 0 saturated carbocycles. The Labute approximate surface area is 163 Å². The topological polar surface area (TPSA) is 92.8 Å². The number of rotatable bonds is 5. The van der Waals surface area contributed by atoms with Gasteiger partial charge >= 0.3 is 12.2 Å². The number of methoxy groups -OCH3 is 1. The highest BCUT2D eigenvalue weighted by Crippen LogP contribution is 2.33. The van der Waals surface area contributed by atoms with E-state index in [1.165, 1.54) is 37.3 Å². The highest BCUT2D eigenvalue weighted by Gasteiger charge is 2.33. The summed E-state index contributed by atoms with van der Waals surface area (Å²) in [5, 5.41) is 5.22. The summed E-state index contributed by atoms with van der Waals surface area (Å²) in [4.78, 5) is 28.9. The number of nitrogens with one attached hydrogen (secondary N) is 2. The fourth-order valence-corrected chi connectivity index (χ4v) is 2.65. The number of aromatic nitrogens is 1. The number of benzene rings is 1. The summed E-state index contributed by atoms with van der Waals surface area (Å²) in [5.41, 5.74) is -0.619. The van der Waals surface area contributed by atoms with Crippen molar-refractivity contribution in [1.82, 2.24) is 15.2 Å². The van der Waals surface area contributed by atoms with Crippen molar-refractivity contribution in [2.24, 2.45) is 0 Å². The molecular weight excluding hydrogens is 393 g/mol. The van der Waals surface area contributed by atoms with Crippen LogP contribution in [0.3, 0.4) is 0 Å². The second-order valence-electron chi connectivity index (χ2n) is 6.15. The quantitative estimate of drug-likeness (QED) is 0.791. The van der Waals surface area contributed by atoms with Crippen LogP contribution in [-0.4, -0.2) is 48.6 Å². The monoisotopic (exact) mass is 410 g/mol. The van der Waals surface area contributed by atoms with Crippen molar-refractivity contribution in [3.8, 4) is 17.4 Å². The Morgan fingerprint density at radius 3 is 2.62 bits per heavy atom. The first-order valence-corrected chi connectivity index (χ1v) is 8.39. The van der Waals surface area contributed by atoms with Crippen LogP contribution in [0.1, 0.15) is 5.56 Å². The predicted molar refractivity (Wildman–Crippen MR) is 95.9 cm³/mol. The molecule has 2 heterocycles. The van der Waals surface area contributed by atoms with Gasteiger partial charge in [0.2, 0.25) is 11.8 Å². The van der Waals surface area contributed by atoms with Crippen LogP contribution >= 0.6 is 0 Å². The number of ether oxygens (including phenoxy) is 2. The number of nitrogens with zero attached hydrogens (tertiary/aromatic N) is 2. The summed E-state index contributed by atoms with van der Waals surface area (Å²) in [6.07, 6.45) is -3.83. The maximum atomic E-state index is 12.6. The lowest BCUT2D eigenvalue weighted by molar-refractivity contribution is -0.137. The molecule has 2 N–H and O–H groups in total. The van der Waals surface area contributed by atoms with E-state index in [9.17, 15) is 22.8 Å². The number of carbonyl (C=O) groups is 2. The van der Waals surface area contributed by atoms with E-state index in [1.54, 1.807) is 0 Å². The normalized spacial score (nSPS) is 16.4. The van der Waals surface area contributed by atoms with E-state index in [0.29, 0.717) is 11.9 Å². The first-order valence-electron chi connectivity index (χ1n) is 8.39. The Hall–Kier alpha value is -3.50. The SMILES string of the molecule is COc1ccc(Oc2ccc(C(F)(F)F)cn2)cc1NC(=O)[C@@H]1CNC(=O)N1C. The Morgan fingerprint density at radius 1 is 1.31 bits per heavy atom. The number of hydrogen-bond donors (Lipinski definition) is 2. The maximum Gasteiger partial charge on any atom is 0.417 e. The number of urea groups is 1. The van der Waals surface area contributed by atoms with Crippen LogP contribution in [0, 0.1) is 0 Å². The van der Waals surface area contributed by atoms with Crippen molar-refractivity contribution in [3.63, 3.8) is 0 Å². The van der Waals surface area contributed by atoms with Gasteiger partial charge in [-0.25, -0.2) is 9.78 Å². The molecule has 154 valence electrons. The maximum absolute atomic E-state index is 12.6. The highest BCUT2D eigenvalue weighted by atomic mass is 19.4. The van der Waals surface area contributed by atoms with Crippen LogP contribution in [0.4, 0.5) is 23.7 Å². The summed E-state index contributed by atoms with van der Waals surface area (Å²) in [6, 6.07) is 5.37. The molecule has 0 radical (unpaired) electrons. The number of amides is 3. The van der Waals surface area contributed by atoms with Gasteiger partial charge in [0.15, 0.2) is 0 Å². The van der Waals surface area contributed by atoms with Crippen LogP contribution in [0.15, 0.2) is 36.5 Å². The molecule has 3 rings (SSSR count). The van der Waals surface area contributed by atoms with Gasteiger partial charge in [-0.2, -0.15) is 13.2 Å². The van der Waals surface area contributed by atoms with Gasteiger partial charge in [-0.15, -0.1) is 0 Å². The minimum absolute atomic E-state index is 0.0502. The van der Waals surface area contributed by atoms with Crippen LogP contribution in [0.5, 0.6) is 17.4 Å². The van der Waals surface area contributed by atoms with E-state index in [1.807, 2.05) is 0 Å². The van der Waals surface area contributed by atoms with Gasteiger partial charge in [0.1, 0.15) is 17.5 Å². The Kier molecular flexibility index (Phi) is 5.48. The molecule has 29 heavy (non-hydrogen) atoms. The molecule has 1 saturated heterocycles. The summed E-state index contributed by atoms with van der Waals surface area (Å²) >= 11 is 0. The first kappa shape index (κ1) is 20.2. The van der Waals surface area contributed by atoms with E-state index >= 15 is 0 Å². The lowest BCUT2D eigenvalue weighted by Gasteiger charge is -2.18. The van der Waals surface area contributed by atoms with Crippen molar-refractivity contribution in [3.05, 3.63) is 42.1 Å². The summed E-state index contributed by atoms with van der Waals surface area (Å²) < 4.78 is 48.5. The molecule has 8 nitrogen and oxygen atoms in total. The third-order valence-corrected chi connectivity index (χ3v) is 4.25. The lowest BCUT2D eigenvalue weighted by Crippen LogP contribution is -2.40. The highest BCUT2D eigenvalue weighted by molar-refractivity contribution is 5.99. The third kappa shape index (κ3) is 4.50. The van der Waals surface area contributed by atoms with E-state index in [-0.39, 0.29) is 29.9 Å². The minimum Gasteiger partial charge on any atom is -0.495 e. The Balaban J connectivity index is 1.76. The molecule has 1 fully saturated rings. The predicted octanol–water partition coefficient (Wildman–Crippen LogP) is 2.86. The molecule has 0 bridgehead atoms. The van der Waals surface area contributed by atoms with Gasteiger partial charge in [-0.3, -0.25) is 4.79 Å². The second kappa shape index (κ2) is 7.86. The summed E-state index contributed by atoms with van der Waals surface area (Å²) in [6.45, 7) is 0.162. The molecule has 11 heteroatoms. The molecule has 1 aromatic heterocycles. The Bertz CT molecular complexity index is 918. The van der Waals surface area contributed by atoms with Gasteiger partial charge in [-0.05, 0) is 18.2 Å². The van der Waals surface area contributed by atoms with Crippen LogP contribution in [0.25, 0.3) is 0 Å². The number of anilines is 1. The molecule has 2 aromatic rings. The standard InChI is InChI=1S/C18H17F3N4O4/c1-25-13(9-23-17(25)27)16(26)24-12-7-11(4-5-14(12)28-2)29-15-6-3-10(8-22-15)18(19,20)21/h3-8,13H,9H2,1-2H3,(H,23,27)(H,24,26)/t13-/m0/s1. The largest absolute Gasteiger partial charge is 0.495 e. The number of carbonyl (C=O) groups excluding carboxylic acids is 2. The van der Waals surface area contributed by atoms with Crippen molar-refractivity contribution in [1.29, 1.82) is 0 Å². The third-order valence-electron chi connectivity index (χ3n) is 4.25. The van der Waals surface area contributed by atoms with E-state index in [2.05, 4.69) is 15.6 Å². The zero-order valence-electron chi connectivity index (χ0n) is 15.4. The number of pyridine rings is 1. The first-order chi connectivity index (χ1) is 13.7. The van der Waals surface area contributed by atoms with Gasteiger partial charge in [-0.1, -0.05) is 0 Å². The van der Waals surface area contributed by atoms with Gasteiger partial charge in [0.05, 0.1) is 18.4 Å². The minimum atomic E-state index is -4.49. The van der Waals surface area contributed by atoms with E-state index in [4.69, 9.17) is 9.47 Å². The van der Waals surface area contributed by atoms with Gasteiger partial charge in [0, 0.05) is 31.9 Å². The van der Waals surface area contributed by atoms with Crippen LogP contribution in [0.2, 0.25) is 0 Å². The van der Waals surface area contributed by atoms with E-state index in [0.717, 1.165) is 12.1 Å². The average molecular weight is 410 g/mol. The van der Waals surface area contributed by atoms with Gasteiger partial charge in [0.25, 0.3) is 0 Å². The average Bonchev–Trinajstić information content (AvgIpc) is 3.00. The Morgan fingerprint density at radius 2 is 2.07 bits per heavy atom. The molecular formula is C18H17F3N4O4. The number of likely N-dealkylation sites (N-methyl/N-ethyl adjacent to an activating group) is 1. The number of alkyl halides is 3. The van der Waals surface area contributed by atoms with Gasteiger partial charge < -0.3 is 25.0 Å². The number of hydrogen-bond acceptors (Lipinski definition) is 5. The fraction of sp³-hybridized carbons (Fsp3) is 0.278. The van der Waals surface area contributed by atoms with Crippen molar-refractivity contribution in [2.45, 2.75) is 12.2 Å². The fourth-order valence-electron chi connectivity index (χ4n) is 2.65. The second-order valence-corrected chi connectivity index (χ2v) is 6.15. The van der Waals surface area contributed by atoms with Crippen LogP contribution in [-0.2, 0) is 11.0 Å². The molecule has 1 atom stereocenters. The molecule has 1 aromatic carbocycles. The molecule has 1 aliphatic heterocycles. The molecule has 3 amide bonds. The van der Waals surface area contributed by atoms with Crippen molar-refractivity contribution in [2.75, 3.05) is 26.0 Å². The molecule has 1 aliphatic rings. The lowest BCUT2D eigenvalue weighted by atomic mass is 10.2. The zero-order chi connectivity index (χ0) is 21.2. The smallest absolute Gasteiger partial charge is 0.417 e. The molecule has 0 aliphatic carbocycles. The summed E-state index contributed by atoms with van der Waals surface area (Å²) in [5.74, 6) is 0.0769. The van der Waals surface area contributed by atoms with Crippen molar-refractivity contribution >= 4 is 17.6 Å². The summed E-state index contributed by atoms with van der Waals surface area (Å²) in [7, 11) is 2.91. The van der Waals surface area contributed by atoms with E-state index < -0.39 is 23.7 Å².